The van der Waals surface area contributed by atoms with Crippen molar-refractivity contribution in [3.8, 4) is 5.75 Å². The largest absolute Gasteiger partial charge is 0.573 e. The fourth-order valence-electron chi connectivity index (χ4n) is 0.976. The van der Waals surface area contributed by atoms with Gasteiger partial charge in [0, 0.05) is 10.7 Å². The molecule has 0 radical (unpaired) electrons. The predicted octanol–water partition coefficient (Wildman–Crippen LogP) is 2.92. The molecule has 0 saturated heterocycles. The summed E-state index contributed by atoms with van der Waals surface area (Å²) in [5, 5.41) is 0. The molecule has 8 heteroatoms. The zero-order valence-corrected chi connectivity index (χ0v) is 10.1. The molecule has 0 fully saturated rings. The van der Waals surface area contributed by atoms with Crippen molar-refractivity contribution in [3.63, 3.8) is 0 Å². The van der Waals surface area contributed by atoms with Crippen LogP contribution in [-0.2, 0) is 4.74 Å². The molecule has 1 aromatic heterocycles. The van der Waals surface area contributed by atoms with Crippen molar-refractivity contribution in [1.29, 1.82) is 0 Å². The Balaban J connectivity index is 3.08. The van der Waals surface area contributed by atoms with Crippen molar-refractivity contribution >= 4 is 21.9 Å². The normalized spacial score (nSPS) is 11.1. The molecule has 0 aliphatic rings. The summed E-state index contributed by atoms with van der Waals surface area (Å²) in [6.45, 7) is 1.56. The Morgan fingerprint density at radius 2 is 2.18 bits per heavy atom. The summed E-state index contributed by atoms with van der Waals surface area (Å²) in [5.41, 5.74) is -0.521. The number of pyridine rings is 1. The predicted molar refractivity (Wildman–Crippen MR) is 54.6 cm³/mol. The Labute approximate surface area is 103 Å². The van der Waals surface area contributed by atoms with Gasteiger partial charge < -0.3 is 9.47 Å². The Bertz CT molecular complexity index is 422. The molecular weight excluding hydrogens is 307 g/mol. The summed E-state index contributed by atoms with van der Waals surface area (Å²) in [6.07, 6.45) is -3.72. The smallest absolute Gasteiger partial charge is 0.461 e. The first-order chi connectivity index (χ1) is 7.83. The second kappa shape index (κ2) is 5.35. The molecule has 0 spiro atoms. The van der Waals surface area contributed by atoms with Gasteiger partial charge in [-0.25, -0.2) is 9.78 Å². The molecule has 0 N–H and O–H groups in total. The molecule has 0 aromatic carbocycles. The van der Waals surface area contributed by atoms with Crippen LogP contribution < -0.4 is 4.74 Å². The minimum absolute atomic E-state index is 0.0298. The van der Waals surface area contributed by atoms with E-state index in [1.54, 1.807) is 0 Å². The highest BCUT2D eigenvalue weighted by Gasteiger charge is 2.33. The standard InChI is InChI=1S/C9H7BrF3NO3/c1-2-16-8(15)7-6(17-9(11,12)13)3-5(10)4-14-7/h3-4H,2H2,1H3. The molecule has 0 aliphatic carbocycles. The molecule has 4 nitrogen and oxygen atoms in total. The van der Waals surface area contributed by atoms with Crippen molar-refractivity contribution in [2.24, 2.45) is 0 Å². The van der Waals surface area contributed by atoms with E-state index in [1.165, 1.54) is 13.1 Å². The van der Waals surface area contributed by atoms with Crippen LogP contribution in [-0.4, -0.2) is 23.9 Å². The van der Waals surface area contributed by atoms with E-state index in [9.17, 15) is 18.0 Å². The van der Waals surface area contributed by atoms with Gasteiger partial charge in [-0.1, -0.05) is 0 Å². The third kappa shape index (κ3) is 4.22. The van der Waals surface area contributed by atoms with Crippen LogP contribution in [0, 0.1) is 0 Å². The first-order valence-corrected chi connectivity index (χ1v) is 5.21. The number of aromatic nitrogens is 1. The minimum Gasteiger partial charge on any atom is -0.461 e. The average molecular weight is 314 g/mol. The summed E-state index contributed by atoms with van der Waals surface area (Å²) in [5.74, 6) is -1.68. The van der Waals surface area contributed by atoms with E-state index in [1.807, 2.05) is 0 Å². The molecule has 1 aromatic rings. The molecule has 0 amide bonds. The first kappa shape index (κ1) is 13.8. The number of rotatable bonds is 3. The van der Waals surface area contributed by atoms with Crippen molar-refractivity contribution < 1.29 is 27.4 Å². The highest BCUT2D eigenvalue weighted by atomic mass is 79.9. The maximum absolute atomic E-state index is 12.1. The molecule has 0 atom stereocenters. The fourth-order valence-corrected chi connectivity index (χ4v) is 1.29. The lowest BCUT2D eigenvalue weighted by atomic mass is 10.3. The number of hydrogen-bond acceptors (Lipinski definition) is 4. The van der Waals surface area contributed by atoms with E-state index in [0.29, 0.717) is 0 Å². The van der Waals surface area contributed by atoms with Crippen LogP contribution in [0.1, 0.15) is 17.4 Å². The van der Waals surface area contributed by atoms with Gasteiger partial charge in [0.15, 0.2) is 11.4 Å². The van der Waals surface area contributed by atoms with Crippen LogP contribution in [0.4, 0.5) is 13.2 Å². The minimum atomic E-state index is -4.90. The first-order valence-electron chi connectivity index (χ1n) is 4.42. The molecule has 1 heterocycles. The third-order valence-electron chi connectivity index (χ3n) is 1.51. The van der Waals surface area contributed by atoms with Gasteiger partial charge in [-0.15, -0.1) is 13.2 Å². The number of carbonyl (C=O) groups is 1. The molecule has 0 saturated carbocycles. The van der Waals surface area contributed by atoms with E-state index in [0.717, 1.165) is 6.07 Å². The molecular formula is C9H7BrF3NO3. The van der Waals surface area contributed by atoms with Gasteiger partial charge in [-0.3, -0.25) is 0 Å². The lowest BCUT2D eigenvalue weighted by Crippen LogP contribution is -2.20. The molecule has 17 heavy (non-hydrogen) atoms. The fraction of sp³-hybridized carbons (Fsp3) is 0.333. The highest BCUT2D eigenvalue weighted by Crippen LogP contribution is 2.28. The molecule has 0 bridgehead atoms. The quantitative estimate of drug-likeness (QED) is 0.805. The maximum Gasteiger partial charge on any atom is 0.573 e. The van der Waals surface area contributed by atoms with Crippen molar-refractivity contribution in [2.75, 3.05) is 6.61 Å². The van der Waals surface area contributed by atoms with Gasteiger partial charge in [0.25, 0.3) is 0 Å². The van der Waals surface area contributed by atoms with E-state index in [4.69, 9.17) is 0 Å². The van der Waals surface area contributed by atoms with Crippen LogP contribution >= 0.6 is 15.9 Å². The van der Waals surface area contributed by atoms with Crippen LogP contribution in [0.25, 0.3) is 0 Å². The molecule has 0 unspecified atom stereocenters. The monoisotopic (exact) mass is 313 g/mol. The number of carbonyl (C=O) groups excluding carboxylic acids is 1. The molecule has 0 aliphatic heterocycles. The van der Waals surface area contributed by atoms with E-state index >= 15 is 0 Å². The Hall–Kier alpha value is -1.31. The van der Waals surface area contributed by atoms with Crippen molar-refractivity contribution in [1.82, 2.24) is 4.98 Å². The van der Waals surface area contributed by atoms with Crippen LogP contribution in [0.2, 0.25) is 0 Å². The maximum atomic E-state index is 12.1. The Morgan fingerprint density at radius 3 is 2.71 bits per heavy atom. The lowest BCUT2D eigenvalue weighted by molar-refractivity contribution is -0.274. The SMILES string of the molecule is CCOC(=O)c1ncc(Br)cc1OC(F)(F)F. The zero-order valence-electron chi connectivity index (χ0n) is 8.55. The topological polar surface area (TPSA) is 48.4 Å². The van der Waals surface area contributed by atoms with E-state index in [2.05, 4.69) is 30.4 Å². The van der Waals surface area contributed by atoms with Gasteiger partial charge in [0.1, 0.15) is 0 Å². The second-order valence-electron chi connectivity index (χ2n) is 2.77. The van der Waals surface area contributed by atoms with Crippen molar-refractivity contribution in [3.05, 3.63) is 22.4 Å². The third-order valence-corrected chi connectivity index (χ3v) is 1.95. The summed E-state index contributed by atoms with van der Waals surface area (Å²) >= 11 is 2.93. The Kier molecular flexibility index (Phi) is 4.33. The number of esters is 1. The van der Waals surface area contributed by atoms with Crippen LogP contribution in [0.5, 0.6) is 5.75 Å². The van der Waals surface area contributed by atoms with Crippen molar-refractivity contribution in [2.45, 2.75) is 13.3 Å². The zero-order chi connectivity index (χ0) is 13.1. The number of halogens is 4. The van der Waals surface area contributed by atoms with E-state index < -0.39 is 23.8 Å². The lowest BCUT2D eigenvalue weighted by Gasteiger charge is -2.11. The molecule has 1 rings (SSSR count). The van der Waals surface area contributed by atoms with E-state index in [-0.39, 0.29) is 11.1 Å². The summed E-state index contributed by atoms with van der Waals surface area (Å²) in [7, 11) is 0. The van der Waals surface area contributed by atoms with Gasteiger partial charge in [-0.05, 0) is 28.9 Å². The average Bonchev–Trinajstić information content (AvgIpc) is 2.15. The van der Waals surface area contributed by atoms with Gasteiger partial charge in [-0.2, -0.15) is 0 Å². The Morgan fingerprint density at radius 1 is 1.53 bits per heavy atom. The number of hydrogen-bond donors (Lipinski definition) is 0. The second-order valence-corrected chi connectivity index (χ2v) is 3.68. The van der Waals surface area contributed by atoms with Crippen LogP contribution in [0.15, 0.2) is 16.7 Å². The number of nitrogens with zero attached hydrogens (tertiary/aromatic N) is 1. The molecule has 94 valence electrons. The highest BCUT2D eigenvalue weighted by molar-refractivity contribution is 9.10. The number of alkyl halides is 3. The van der Waals surface area contributed by atoms with Gasteiger partial charge in [0.05, 0.1) is 6.61 Å². The summed E-state index contributed by atoms with van der Waals surface area (Å²) in [6, 6.07) is 0.993. The summed E-state index contributed by atoms with van der Waals surface area (Å²) in [4.78, 5) is 14.8. The van der Waals surface area contributed by atoms with Gasteiger partial charge >= 0.3 is 12.3 Å². The van der Waals surface area contributed by atoms with Gasteiger partial charge in [0.2, 0.25) is 0 Å². The summed E-state index contributed by atoms with van der Waals surface area (Å²) < 4.78 is 44.8. The van der Waals surface area contributed by atoms with Crippen LogP contribution in [0.3, 0.4) is 0 Å². The number of ether oxygens (including phenoxy) is 2.